The van der Waals surface area contributed by atoms with Crippen LogP contribution in [0.3, 0.4) is 0 Å². The van der Waals surface area contributed by atoms with Crippen LogP contribution in [0.1, 0.15) is 20.3 Å². The number of carbonyl (C=O) groups excluding carboxylic acids is 1. The first-order valence-corrected chi connectivity index (χ1v) is 4.50. The Balaban J connectivity index is 1.96. The fourth-order valence-electron chi connectivity index (χ4n) is 1.10. The van der Waals surface area contributed by atoms with Crippen molar-refractivity contribution in [2.24, 2.45) is 11.8 Å². The van der Waals surface area contributed by atoms with Crippen molar-refractivity contribution in [1.29, 1.82) is 0 Å². The fraction of sp³-hybridized carbons (Fsp3) is 0.889. The van der Waals surface area contributed by atoms with E-state index in [1.165, 1.54) is 0 Å². The van der Waals surface area contributed by atoms with E-state index in [-0.39, 0.29) is 11.9 Å². The molecule has 0 radical (unpaired) electrons. The Bertz CT molecular complexity index is 156. The molecule has 1 fully saturated rings. The predicted molar refractivity (Wildman–Crippen MR) is 44.7 cm³/mol. The fourth-order valence-corrected chi connectivity index (χ4v) is 1.10. The lowest BCUT2D eigenvalue weighted by molar-refractivity contribution is -0.147. The molecule has 0 aromatic rings. The zero-order chi connectivity index (χ0) is 8.97. The van der Waals surface area contributed by atoms with E-state index in [1.54, 1.807) is 0 Å². The van der Waals surface area contributed by atoms with E-state index in [0.29, 0.717) is 25.7 Å². The maximum absolute atomic E-state index is 11.1. The third kappa shape index (κ3) is 2.81. The molecule has 2 unspecified atom stereocenters. The molecule has 0 saturated heterocycles. The second kappa shape index (κ2) is 4.45. The predicted octanol–water partition coefficient (Wildman–Crippen LogP) is 1.22. The van der Waals surface area contributed by atoms with Gasteiger partial charge in [-0.25, -0.2) is 0 Å². The van der Waals surface area contributed by atoms with E-state index in [1.807, 2.05) is 6.92 Å². The molecule has 1 aliphatic rings. The van der Waals surface area contributed by atoms with E-state index in [9.17, 15) is 4.79 Å². The number of hydrogen-bond acceptors (Lipinski definition) is 3. The van der Waals surface area contributed by atoms with E-state index < -0.39 is 0 Å². The van der Waals surface area contributed by atoms with Gasteiger partial charge in [-0.2, -0.15) is 0 Å². The van der Waals surface area contributed by atoms with Gasteiger partial charge in [0.15, 0.2) is 0 Å². The van der Waals surface area contributed by atoms with E-state index >= 15 is 0 Å². The van der Waals surface area contributed by atoms with E-state index in [0.717, 1.165) is 6.42 Å². The van der Waals surface area contributed by atoms with E-state index in [2.05, 4.69) is 6.92 Å². The first kappa shape index (κ1) is 9.52. The van der Waals surface area contributed by atoms with Crippen molar-refractivity contribution >= 4 is 5.97 Å². The van der Waals surface area contributed by atoms with Gasteiger partial charge in [-0.15, -0.1) is 0 Å². The summed E-state index contributed by atoms with van der Waals surface area (Å²) < 4.78 is 10.0. The van der Waals surface area contributed by atoms with Gasteiger partial charge in [-0.1, -0.05) is 6.92 Å². The van der Waals surface area contributed by atoms with Gasteiger partial charge in [0.2, 0.25) is 0 Å². The lowest BCUT2D eigenvalue weighted by atomic mass is 10.3. The van der Waals surface area contributed by atoms with Gasteiger partial charge >= 0.3 is 5.97 Å². The first-order chi connectivity index (χ1) is 5.75. The van der Waals surface area contributed by atoms with Gasteiger partial charge in [0, 0.05) is 6.61 Å². The molecule has 0 N–H and O–H groups in total. The van der Waals surface area contributed by atoms with Gasteiger partial charge in [0.05, 0.1) is 12.5 Å². The number of esters is 1. The van der Waals surface area contributed by atoms with Crippen molar-refractivity contribution in [3.63, 3.8) is 0 Å². The van der Waals surface area contributed by atoms with Crippen molar-refractivity contribution in [1.82, 2.24) is 0 Å². The molecule has 0 aromatic carbocycles. The topological polar surface area (TPSA) is 35.5 Å². The Hall–Kier alpha value is -0.570. The Morgan fingerprint density at radius 3 is 2.67 bits per heavy atom. The Labute approximate surface area is 73.0 Å². The summed E-state index contributed by atoms with van der Waals surface area (Å²) in [6.07, 6.45) is 0.994. The summed E-state index contributed by atoms with van der Waals surface area (Å²) in [7, 11) is 0. The van der Waals surface area contributed by atoms with Gasteiger partial charge in [-0.05, 0) is 19.3 Å². The summed E-state index contributed by atoms with van der Waals surface area (Å²) in [6, 6.07) is 0. The molecular weight excluding hydrogens is 156 g/mol. The lowest BCUT2D eigenvalue weighted by Gasteiger charge is -2.03. The monoisotopic (exact) mass is 172 g/mol. The van der Waals surface area contributed by atoms with Crippen molar-refractivity contribution in [2.75, 3.05) is 19.8 Å². The largest absolute Gasteiger partial charge is 0.463 e. The standard InChI is InChI=1S/C9H16O3/c1-3-11-4-5-12-9(10)8-6-7(8)2/h7-8H,3-6H2,1-2H3. The molecule has 12 heavy (non-hydrogen) atoms. The number of carbonyl (C=O) groups is 1. The van der Waals surface area contributed by atoms with Crippen molar-refractivity contribution in [2.45, 2.75) is 20.3 Å². The second-order valence-corrected chi connectivity index (χ2v) is 3.18. The number of ether oxygens (including phenoxy) is 2. The van der Waals surface area contributed by atoms with Crippen molar-refractivity contribution in [3.8, 4) is 0 Å². The average molecular weight is 172 g/mol. The van der Waals surface area contributed by atoms with Crippen LogP contribution in [0.15, 0.2) is 0 Å². The minimum atomic E-state index is -0.0535. The summed E-state index contributed by atoms with van der Waals surface area (Å²) in [5.74, 6) is 0.651. The second-order valence-electron chi connectivity index (χ2n) is 3.18. The number of rotatable bonds is 5. The molecular formula is C9H16O3. The summed E-state index contributed by atoms with van der Waals surface area (Å²) in [5, 5.41) is 0. The summed E-state index contributed by atoms with van der Waals surface area (Å²) in [5.41, 5.74) is 0. The highest BCUT2D eigenvalue weighted by atomic mass is 16.6. The molecule has 0 spiro atoms. The Kier molecular flexibility index (Phi) is 3.53. The molecule has 1 aliphatic carbocycles. The molecule has 1 rings (SSSR count). The van der Waals surface area contributed by atoms with E-state index in [4.69, 9.17) is 9.47 Å². The van der Waals surface area contributed by atoms with Crippen LogP contribution in [-0.4, -0.2) is 25.8 Å². The van der Waals surface area contributed by atoms with Crippen LogP contribution >= 0.6 is 0 Å². The SMILES string of the molecule is CCOCCOC(=O)C1CC1C. The highest BCUT2D eigenvalue weighted by Gasteiger charge is 2.40. The molecule has 1 saturated carbocycles. The highest BCUT2D eigenvalue weighted by molar-refractivity contribution is 5.75. The maximum atomic E-state index is 11.1. The molecule has 0 amide bonds. The average Bonchev–Trinajstić information content (AvgIpc) is 2.76. The summed E-state index contributed by atoms with van der Waals surface area (Å²) in [6.45, 7) is 5.58. The molecule has 0 bridgehead atoms. The van der Waals surface area contributed by atoms with Crippen LogP contribution < -0.4 is 0 Å². The summed E-state index contributed by atoms with van der Waals surface area (Å²) in [4.78, 5) is 11.1. The van der Waals surface area contributed by atoms with Crippen LogP contribution in [0.25, 0.3) is 0 Å². The van der Waals surface area contributed by atoms with Crippen LogP contribution in [0.4, 0.5) is 0 Å². The van der Waals surface area contributed by atoms with Gasteiger partial charge < -0.3 is 9.47 Å². The molecule has 2 atom stereocenters. The minimum Gasteiger partial charge on any atom is -0.463 e. The van der Waals surface area contributed by atoms with Crippen LogP contribution in [0, 0.1) is 11.8 Å². The highest BCUT2D eigenvalue weighted by Crippen LogP contribution is 2.38. The maximum Gasteiger partial charge on any atom is 0.309 e. The van der Waals surface area contributed by atoms with Gasteiger partial charge in [0.25, 0.3) is 0 Å². The molecule has 0 aliphatic heterocycles. The minimum absolute atomic E-state index is 0.0535. The van der Waals surface area contributed by atoms with Gasteiger partial charge in [0.1, 0.15) is 6.61 Å². The smallest absolute Gasteiger partial charge is 0.309 e. The third-order valence-corrected chi connectivity index (χ3v) is 2.09. The third-order valence-electron chi connectivity index (χ3n) is 2.09. The molecule has 0 heterocycles. The van der Waals surface area contributed by atoms with Crippen molar-refractivity contribution in [3.05, 3.63) is 0 Å². The molecule has 0 aromatic heterocycles. The number of hydrogen-bond donors (Lipinski definition) is 0. The van der Waals surface area contributed by atoms with Crippen molar-refractivity contribution < 1.29 is 14.3 Å². The molecule has 3 nitrogen and oxygen atoms in total. The quantitative estimate of drug-likeness (QED) is 0.462. The first-order valence-electron chi connectivity index (χ1n) is 4.50. The normalized spacial score (nSPS) is 26.8. The molecule has 70 valence electrons. The van der Waals surface area contributed by atoms with Crippen LogP contribution in [0.2, 0.25) is 0 Å². The van der Waals surface area contributed by atoms with Crippen LogP contribution in [-0.2, 0) is 14.3 Å². The lowest BCUT2D eigenvalue weighted by Crippen LogP contribution is -2.12. The molecule has 3 heteroatoms. The van der Waals surface area contributed by atoms with Crippen LogP contribution in [0.5, 0.6) is 0 Å². The van der Waals surface area contributed by atoms with Gasteiger partial charge in [-0.3, -0.25) is 4.79 Å². The zero-order valence-electron chi connectivity index (χ0n) is 7.71. The Morgan fingerprint density at radius 1 is 1.50 bits per heavy atom. The summed E-state index contributed by atoms with van der Waals surface area (Å²) >= 11 is 0. The zero-order valence-corrected chi connectivity index (χ0v) is 7.71. The Morgan fingerprint density at radius 2 is 2.17 bits per heavy atom.